The lowest BCUT2D eigenvalue weighted by molar-refractivity contribution is 0.122. The Kier molecular flexibility index (Phi) is 6.34. The molecule has 0 unspecified atom stereocenters. The van der Waals surface area contributed by atoms with Crippen LogP contribution in [-0.2, 0) is 4.74 Å². The maximum absolute atomic E-state index is 14.1. The lowest BCUT2D eigenvalue weighted by atomic mass is 10.2. The van der Waals surface area contributed by atoms with Crippen molar-refractivity contribution in [3.63, 3.8) is 0 Å². The van der Waals surface area contributed by atoms with Gasteiger partial charge < -0.3 is 19.5 Å². The second-order valence-corrected chi connectivity index (χ2v) is 7.45. The van der Waals surface area contributed by atoms with E-state index in [4.69, 9.17) is 4.74 Å². The molecule has 4 aromatic rings. The molecule has 34 heavy (non-hydrogen) atoms. The van der Waals surface area contributed by atoms with Gasteiger partial charge in [0.25, 0.3) is 0 Å². The number of hydrazone groups is 1. The highest BCUT2D eigenvalue weighted by Gasteiger charge is 2.17. The Labute approximate surface area is 195 Å². The number of ether oxygens (including phenoxy) is 1. The number of rotatable bonds is 7. The van der Waals surface area contributed by atoms with Gasteiger partial charge in [-0.3, -0.25) is 4.98 Å². The SMILES string of the molecule is Fc1cnc(N/N=C/c2ccc(Nc3cccc(-n4ccnc4)c3)cn2)nc1N1CCOCC1. The van der Waals surface area contributed by atoms with Crippen molar-refractivity contribution in [3.8, 4) is 5.69 Å². The maximum atomic E-state index is 14.1. The molecule has 5 rings (SSSR count). The third kappa shape index (κ3) is 5.15. The Balaban J connectivity index is 1.20. The number of morpholine rings is 1. The van der Waals surface area contributed by atoms with Crippen LogP contribution in [0.1, 0.15) is 5.69 Å². The molecule has 11 heteroatoms. The molecule has 0 atom stereocenters. The normalized spacial score (nSPS) is 13.9. The van der Waals surface area contributed by atoms with E-state index in [2.05, 4.69) is 35.8 Å². The minimum absolute atomic E-state index is 0.204. The van der Waals surface area contributed by atoms with Crippen molar-refractivity contribution in [3.05, 3.63) is 79.0 Å². The summed E-state index contributed by atoms with van der Waals surface area (Å²) >= 11 is 0. The fourth-order valence-electron chi connectivity index (χ4n) is 3.44. The van der Waals surface area contributed by atoms with E-state index in [9.17, 15) is 4.39 Å². The lowest BCUT2D eigenvalue weighted by Gasteiger charge is -2.27. The number of imidazole rings is 1. The summed E-state index contributed by atoms with van der Waals surface area (Å²) in [6.07, 6.45) is 9.79. The zero-order chi connectivity index (χ0) is 23.2. The van der Waals surface area contributed by atoms with Crippen LogP contribution >= 0.6 is 0 Å². The van der Waals surface area contributed by atoms with E-state index in [0.717, 1.165) is 23.3 Å². The summed E-state index contributed by atoms with van der Waals surface area (Å²) in [6, 6.07) is 11.7. The van der Waals surface area contributed by atoms with E-state index in [0.29, 0.717) is 32.0 Å². The number of aromatic nitrogens is 5. The number of nitrogens with zero attached hydrogens (tertiary/aromatic N) is 7. The molecule has 3 aromatic heterocycles. The van der Waals surface area contributed by atoms with Crippen LogP contribution in [0.2, 0.25) is 0 Å². The first-order valence-electron chi connectivity index (χ1n) is 10.7. The van der Waals surface area contributed by atoms with Crippen molar-refractivity contribution in [1.82, 2.24) is 24.5 Å². The van der Waals surface area contributed by atoms with Crippen molar-refractivity contribution in [1.29, 1.82) is 0 Å². The molecule has 1 aliphatic heterocycles. The van der Waals surface area contributed by atoms with Crippen LogP contribution in [0.3, 0.4) is 0 Å². The Morgan fingerprint density at radius 1 is 1.06 bits per heavy atom. The molecule has 10 nitrogen and oxygen atoms in total. The zero-order valence-electron chi connectivity index (χ0n) is 18.2. The Hall–Kier alpha value is -4.38. The number of benzene rings is 1. The Morgan fingerprint density at radius 2 is 1.97 bits per heavy atom. The summed E-state index contributed by atoms with van der Waals surface area (Å²) in [4.78, 5) is 18.5. The van der Waals surface area contributed by atoms with E-state index in [1.54, 1.807) is 24.9 Å². The summed E-state index contributed by atoms with van der Waals surface area (Å²) in [5.41, 5.74) is 6.15. The molecule has 0 aliphatic carbocycles. The van der Waals surface area contributed by atoms with E-state index in [-0.39, 0.29) is 11.8 Å². The molecular weight excluding hydrogens is 437 g/mol. The van der Waals surface area contributed by atoms with Gasteiger partial charge in [0.1, 0.15) is 0 Å². The second-order valence-electron chi connectivity index (χ2n) is 7.45. The molecule has 1 fully saturated rings. The van der Waals surface area contributed by atoms with Crippen LogP contribution in [0, 0.1) is 5.82 Å². The van der Waals surface area contributed by atoms with Gasteiger partial charge in [0.2, 0.25) is 5.95 Å². The summed E-state index contributed by atoms with van der Waals surface area (Å²) < 4.78 is 21.4. The van der Waals surface area contributed by atoms with Crippen LogP contribution in [-0.4, -0.2) is 57.0 Å². The fraction of sp³-hybridized carbons (Fsp3) is 0.174. The Bertz CT molecular complexity index is 1260. The van der Waals surface area contributed by atoms with Gasteiger partial charge in [0.05, 0.1) is 49.5 Å². The number of hydrogen-bond donors (Lipinski definition) is 2. The fourth-order valence-corrected chi connectivity index (χ4v) is 3.44. The average Bonchev–Trinajstić information content (AvgIpc) is 3.42. The number of pyridine rings is 1. The standard InChI is InChI=1S/C23H22FN9O/c24-21-15-27-23(30-22(21)32-8-10-34-11-9-32)31-28-14-18-4-5-19(13-26-18)29-17-2-1-3-20(12-17)33-7-6-25-16-33/h1-7,12-16,29H,8-11H2,(H,27,30,31)/b28-14+. The van der Waals surface area contributed by atoms with E-state index in [1.807, 2.05) is 52.1 Å². The minimum atomic E-state index is -0.475. The number of hydrogen-bond acceptors (Lipinski definition) is 9. The maximum Gasteiger partial charge on any atom is 0.245 e. The highest BCUT2D eigenvalue weighted by molar-refractivity contribution is 5.78. The van der Waals surface area contributed by atoms with Gasteiger partial charge >= 0.3 is 0 Å². The predicted octanol–water partition coefficient (Wildman–Crippen LogP) is 3.22. The molecule has 0 amide bonds. The first-order chi connectivity index (χ1) is 16.7. The third-order valence-corrected chi connectivity index (χ3v) is 5.12. The molecule has 0 radical (unpaired) electrons. The van der Waals surface area contributed by atoms with Gasteiger partial charge in [-0.15, -0.1) is 0 Å². The summed E-state index contributed by atoms with van der Waals surface area (Å²) in [7, 11) is 0. The van der Waals surface area contributed by atoms with E-state index >= 15 is 0 Å². The molecule has 1 saturated heterocycles. The van der Waals surface area contributed by atoms with Crippen molar-refractivity contribution < 1.29 is 9.13 Å². The average molecular weight is 459 g/mol. The highest BCUT2D eigenvalue weighted by Crippen LogP contribution is 2.20. The molecule has 1 aliphatic rings. The van der Waals surface area contributed by atoms with Crippen molar-refractivity contribution >= 4 is 29.4 Å². The largest absolute Gasteiger partial charge is 0.378 e. The summed E-state index contributed by atoms with van der Waals surface area (Å²) in [5.74, 6) is -0.0337. The monoisotopic (exact) mass is 459 g/mol. The number of halogens is 1. The van der Waals surface area contributed by atoms with Crippen molar-refractivity contribution in [2.45, 2.75) is 0 Å². The van der Waals surface area contributed by atoms with Crippen LogP contribution in [0.25, 0.3) is 5.69 Å². The van der Waals surface area contributed by atoms with Gasteiger partial charge in [-0.2, -0.15) is 10.1 Å². The van der Waals surface area contributed by atoms with Crippen LogP contribution < -0.4 is 15.6 Å². The van der Waals surface area contributed by atoms with E-state index in [1.165, 1.54) is 0 Å². The summed E-state index contributed by atoms with van der Waals surface area (Å²) in [5, 5.41) is 7.46. The van der Waals surface area contributed by atoms with Gasteiger partial charge in [-0.1, -0.05) is 6.07 Å². The molecule has 2 N–H and O–H groups in total. The molecule has 0 saturated carbocycles. The molecule has 0 bridgehead atoms. The van der Waals surface area contributed by atoms with Gasteiger partial charge in [-0.05, 0) is 30.3 Å². The zero-order valence-corrected chi connectivity index (χ0v) is 18.2. The van der Waals surface area contributed by atoms with Crippen LogP contribution in [0.4, 0.5) is 27.5 Å². The molecule has 1 aromatic carbocycles. The topological polar surface area (TPSA) is 105 Å². The Morgan fingerprint density at radius 3 is 2.76 bits per heavy atom. The molecule has 4 heterocycles. The van der Waals surface area contributed by atoms with Crippen LogP contribution in [0.5, 0.6) is 0 Å². The summed E-state index contributed by atoms with van der Waals surface area (Å²) in [6.45, 7) is 2.23. The van der Waals surface area contributed by atoms with Gasteiger partial charge in [0, 0.05) is 36.9 Å². The molecule has 0 spiro atoms. The lowest BCUT2D eigenvalue weighted by Crippen LogP contribution is -2.37. The number of nitrogens with one attached hydrogen (secondary N) is 2. The van der Waals surface area contributed by atoms with Gasteiger partial charge in [0.15, 0.2) is 11.6 Å². The van der Waals surface area contributed by atoms with Crippen molar-refractivity contribution in [2.24, 2.45) is 5.10 Å². The van der Waals surface area contributed by atoms with Crippen LogP contribution in [0.15, 0.2) is 72.6 Å². The predicted molar refractivity (Wildman–Crippen MR) is 127 cm³/mol. The highest BCUT2D eigenvalue weighted by atomic mass is 19.1. The second kappa shape index (κ2) is 10.0. The molecular formula is C23H22FN9O. The number of anilines is 4. The minimum Gasteiger partial charge on any atom is -0.378 e. The smallest absolute Gasteiger partial charge is 0.245 e. The first-order valence-corrected chi connectivity index (χ1v) is 10.7. The quantitative estimate of drug-likeness (QED) is 0.321. The third-order valence-electron chi connectivity index (χ3n) is 5.12. The van der Waals surface area contributed by atoms with Gasteiger partial charge in [-0.25, -0.2) is 19.8 Å². The van der Waals surface area contributed by atoms with E-state index < -0.39 is 5.82 Å². The molecule has 172 valence electrons. The first kappa shape index (κ1) is 21.5. The van der Waals surface area contributed by atoms with Crippen molar-refractivity contribution in [2.75, 3.05) is 41.9 Å².